The van der Waals surface area contributed by atoms with Crippen LogP contribution in [0.1, 0.15) is 39.0 Å². The zero-order chi connectivity index (χ0) is 10.9. The summed E-state index contributed by atoms with van der Waals surface area (Å²) in [5.74, 6) is 0. The van der Waals surface area contributed by atoms with E-state index >= 15 is 0 Å². The lowest BCUT2D eigenvalue weighted by molar-refractivity contribution is 0.629. The third-order valence-corrected chi connectivity index (χ3v) is 2.70. The zero-order valence-corrected chi connectivity index (χ0v) is 9.95. The number of nitrogens with zero attached hydrogens (tertiary/aromatic N) is 2. The quantitative estimate of drug-likeness (QED) is 0.635. The van der Waals surface area contributed by atoms with Crippen molar-refractivity contribution in [2.75, 3.05) is 18.5 Å². The van der Waals surface area contributed by atoms with Crippen molar-refractivity contribution in [2.24, 2.45) is 0 Å². The fraction of sp³-hybridized carbons (Fsp3) is 0.615. The van der Waals surface area contributed by atoms with Crippen molar-refractivity contribution in [1.82, 2.24) is 4.98 Å². The van der Waals surface area contributed by atoms with Crippen molar-refractivity contribution < 1.29 is 0 Å². The summed E-state index contributed by atoms with van der Waals surface area (Å²) in [5, 5.41) is 0. The van der Waals surface area contributed by atoms with E-state index in [9.17, 15) is 0 Å². The SMILES string of the molecule is CCCCCCCN(C)c1ccncc1. The Balaban J connectivity index is 2.16. The molecule has 0 aromatic carbocycles. The van der Waals surface area contributed by atoms with Crippen molar-refractivity contribution in [3.63, 3.8) is 0 Å². The molecule has 0 aliphatic heterocycles. The van der Waals surface area contributed by atoms with Crippen LogP contribution < -0.4 is 4.90 Å². The number of anilines is 1. The van der Waals surface area contributed by atoms with Gasteiger partial charge >= 0.3 is 0 Å². The highest BCUT2D eigenvalue weighted by Crippen LogP contribution is 2.11. The lowest BCUT2D eigenvalue weighted by atomic mass is 10.1. The van der Waals surface area contributed by atoms with Crippen molar-refractivity contribution in [3.8, 4) is 0 Å². The third kappa shape index (κ3) is 4.82. The Morgan fingerprint density at radius 2 is 1.73 bits per heavy atom. The van der Waals surface area contributed by atoms with Crippen molar-refractivity contribution in [3.05, 3.63) is 24.5 Å². The Hall–Kier alpha value is -1.05. The molecule has 0 amide bonds. The van der Waals surface area contributed by atoms with Crippen LogP contribution in [-0.2, 0) is 0 Å². The standard InChI is InChI=1S/C13H22N2/c1-3-4-5-6-7-12-15(2)13-8-10-14-11-9-13/h8-11H,3-7,12H2,1-2H3. The molecule has 84 valence electrons. The van der Waals surface area contributed by atoms with E-state index < -0.39 is 0 Å². The fourth-order valence-electron chi connectivity index (χ4n) is 1.68. The van der Waals surface area contributed by atoms with Gasteiger partial charge in [-0.05, 0) is 18.6 Å². The number of pyridine rings is 1. The summed E-state index contributed by atoms with van der Waals surface area (Å²) < 4.78 is 0. The van der Waals surface area contributed by atoms with Crippen LogP contribution in [-0.4, -0.2) is 18.6 Å². The maximum Gasteiger partial charge on any atom is 0.0394 e. The summed E-state index contributed by atoms with van der Waals surface area (Å²) >= 11 is 0. The average molecular weight is 206 g/mol. The van der Waals surface area contributed by atoms with Gasteiger partial charge in [-0.25, -0.2) is 0 Å². The number of rotatable bonds is 7. The number of aromatic nitrogens is 1. The third-order valence-electron chi connectivity index (χ3n) is 2.70. The Bertz CT molecular complexity index is 246. The molecule has 15 heavy (non-hydrogen) atoms. The lowest BCUT2D eigenvalue weighted by Gasteiger charge is -2.18. The van der Waals surface area contributed by atoms with Crippen LogP contribution in [0.2, 0.25) is 0 Å². The topological polar surface area (TPSA) is 16.1 Å². The van der Waals surface area contributed by atoms with Gasteiger partial charge in [-0.15, -0.1) is 0 Å². The van der Waals surface area contributed by atoms with Gasteiger partial charge < -0.3 is 4.90 Å². The summed E-state index contributed by atoms with van der Waals surface area (Å²) in [7, 11) is 2.15. The minimum atomic E-state index is 1.15. The van der Waals surface area contributed by atoms with Crippen LogP contribution in [0.15, 0.2) is 24.5 Å². The molecule has 0 aliphatic carbocycles. The van der Waals surface area contributed by atoms with Crippen LogP contribution in [0.3, 0.4) is 0 Å². The molecule has 0 bridgehead atoms. The number of hydrogen-bond acceptors (Lipinski definition) is 2. The minimum Gasteiger partial charge on any atom is -0.375 e. The maximum atomic E-state index is 4.02. The first-order valence-electron chi connectivity index (χ1n) is 5.95. The molecule has 0 N–H and O–H groups in total. The van der Waals surface area contributed by atoms with Gasteiger partial charge in [0, 0.05) is 31.7 Å². The Kier molecular flexibility index (Phi) is 5.83. The molecule has 0 unspecified atom stereocenters. The minimum absolute atomic E-state index is 1.15. The van der Waals surface area contributed by atoms with Crippen molar-refractivity contribution >= 4 is 5.69 Å². The normalized spacial score (nSPS) is 10.3. The summed E-state index contributed by atoms with van der Waals surface area (Å²) in [6, 6.07) is 4.12. The van der Waals surface area contributed by atoms with E-state index in [0.29, 0.717) is 0 Å². The molecule has 1 heterocycles. The second kappa shape index (κ2) is 7.27. The highest BCUT2D eigenvalue weighted by molar-refractivity contribution is 5.43. The van der Waals surface area contributed by atoms with Crippen LogP contribution in [0, 0.1) is 0 Å². The molecule has 0 atom stereocenters. The number of unbranched alkanes of at least 4 members (excludes halogenated alkanes) is 4. The van der Waals surface area contributed by atoms with Gasteiger partial charge in [0.2, 0.25) is 0 Å². The van der Waals surface area contributed by atoms with E-state index in [4.69, 9.17) is 0 Å². The monoisotopic (exact) mass is 206 g/mol. The molecule has 1 aromatic rings. The average Bonchev–Trinajstić information content (AvgIpc) is 2.30. The van der Waals surface area contributed by atoms with Gasteiger partial charge in [-0.2, -0.15) is 0 Å². The molecule has 0 radical (unpaired) electrons. The van der Waals surface area contributed by atoms with E-state index in [1.807, 2.05) is 12.4 Å². The van der Waals surface area contributed by atoms with Gasteiger partial charge in [-0.3, -0.25) is 4.98 Å². The van der Waals surface area contributed by atoms with Crippen LogP contribution in [0.25, 0.3) is 0 Å². The van der Waals surface area contributed by atoms with E-state index in [0.717, 1.165) is 6.54 Å². The molecule has 2 heteroatoms. The molecule has 0 fully saturated rings. The Morgan fingerprint density at radius 1 is 1.07 bits per heavy atom. The predicted molar refractivity (Wildman–Crippen MR) is 66.3 cm³/mol. The maximum absolute atomic E-state index is 4.02. The van der Waals surface area contributed by atoms with Gasteiger partial charge in [0.1, 0.15) is 0 Å². The first-order chi connectivity index (χ1) is 7.34. The molecule has 0 aliphatic rings. The summed E-state index contributed by atoms with van der Waals surface area (Å²) in [6.07, 6.45) is 10.4. The van der Waals surface area contributed by atoms with Crippen LogP contribution in [0.5, 0.6) is 0 Å². The zero-order valence-electron chi connectivity index (χ0n) is 9.95. The summed E-state index contributed by atoms with van der Waals surface area (Å²) in [5.41, 5.74) is 1.26. The molecule has 1 rings (SSSR count). The highest BCUT2D eigenvalue weighted by atomic mass is 15.1. The van der Waals surface area contributed by atoms with Gasteiger partial charge in [0.15, 0.2) is 0 Å². The second-order valence-corrected chi connectivity index (χ2v) is 4.04. The first-order valence-corrected chi connectivity index (χ1v) is 5.95. The molecule has 0 saturated carbocycles. The van der Waals surface area contributed by atoms with Crippen LogP contribution in [0.4, 0.5) is 5.69 Å². The van der Waals surface area contributed by atoms with E-state index in [1.165, 1.54) is 37.8 Å². The fourth-order valence-corrected chi connectivity index (χ4v) is 1.68. The largest absolute Gasteiger partial charge is 0.375 e. The summed E-state index contributed by atoms with van der Waals surface area (Å²) in [6.45, 7) is 3.40. The molecule has 0 saturated heterocycles. The van der Waals surface area contributed by atoms with E-state index in [2.05, 4.69) is 36.0 Å². The predicted octanol–water partition coefficient (Wildman–Crippen LogP) is 3.49. The van der Waals surface area contributed by atoms with Gasteiger partial charge in [0.05, 0.1) is 0 Å². The van der Waals surface area contributed by atoms with Crippen molar-refractivity contribution in [1.29, 1.82) is 0 Å². The lowest BCUT2D eigenvalue weighted by Crippen LogP contribution is -2.18. The van der Waals surface area contributed by atoms with E-state index in [1.54, 1.807) is 0 Å². The summed E-state index contributed by atoms with van der Waals surface area (Å²) in [4.78, 5) is 6.32. The van der Waals surface area contributed by atoms with Gasteiger partial charge in [-0.1, -0.05) is 32.6 Å². The van der Waals surface area contributed by atoms with Crippen molar-refractivity contribution in [2.45, 2.75) is 39.0 Å². The molecule has 1 aromatic heterocycles. The van der Waals surface area contributed by atoms with E-state index in [-0.39, 0.29) is 0 Å². The second-order valence-electron chi connectivity index (χ2n) is 4.04. The molecular weight excluding hydrogens is 184 g/mol. The Morgan fingerprint density at radius 3 is 2.40 bits per heavy atom. The van der Waals surface area contributed by atoms with Crippen LogP contribution >= 0.6 is 0 Å². The first kappa shape index (κ1) is 12.0. The molecule has 2 nitrogen and oxygen atoms in total. The molecule has 0 spiro atoms. The number of hydrogen-bond donors (Lipinski definition) is 0. The smallest absolute Gasteiger partial charge is 0.0394 e. The highest BCUT2D eigenvalue weighted by Gasteiger charge is 1.98. The Labute approximate surface area is 93.3 Å². The molecular formula is C13H22N2. The van der Waals surface area contributed by atoms with Gasteiger partial charge in [0.25, 0.3) is 0 Å².